The molecular formula is C9H16O4. The molecule has 4 heteroatoms. The Balaban J connectivity index is 1.65. The molecule has 13 heavy (non-hydrogen) atoms. The number of hydrogen-bond acceptors (Lipinski definition) is 4. The first-order valence-corrected chi connectivity index (χ1v) is 4.64. The summed E-state index contributed by atoms with van der Waals surface area (Å²) in [5.74, 6) is 0. The van der Waals surface area contributed by atoms with Crippen molar-refractivity contribution in [2.75, 3.05) is 33.0 Å². The van der Waals surface area contributed by atoms with Crippen molar-refractivity contribution >= 4 is 6.29 Å². The highest BCUT2D eigenvalue weighted by Crippen LogP contribution is 2.08. The molecule has 76 valence electrons. The van der Waals surface area contributed by atoms with Gasteiger partial charge in [-0.05, 0) is 12.8 Å². The summed E-state index contributed by atoms with van der Waals surface area (Å²) in [6, 6.07) is 0. The van der Waals surface area contributed by atoms with Crippen molar-refractivity contribution in [1.82, 2.24) is 0 Å². The van der Waals surface area contributed by atoms with E-state index in [4.69, 9.17) is 14.2 Å². The fourth-order valence-electron chi connectivity index (χ4n) is 0.919. The van der Waals surface area contributed by atoms with Crippen molar-refractivity contribution < 1.29 is 19.0 Å². The second kappa shape index (κ2) is 7.00. The van der Waals surface area contributed by atoms with Crippen molar-refractivity contribution in [2.24, 2.45) is 0 Å². The van der Waals surface area contributed by atoms with Gasteiger partial charge in [-0.15, -0.1) is 0 Å². The van der Waals surface area contributed by atoms with Crippen LogP contribution in [0, 0.1) is 0 Å². The number of carbonyl (C=O) groups is 1. The lowest BCUT2D eigenvalue weighted by molar-refractivity contribution is -0.111. The Hall–Kier alpha value is -0.450. The average Bonchev–Trinajstić information content (AvgIpc) is 2.93. The molecule has 1 atom stereocenters. The highest BCUT2D eigenvalue weighted by molar-refractivity contribution is 5.50. The largest absolute Gasteiger partial charge is 0.379 e. The van der Waals surface area contributed by atoms with Crippen LogP contribution in [0.15, 0.2) is 0 Å². The molecule has 0 bridgehead atoms. The molecule has 1 heterocycles. The van der Waals surface area contributed by atoms with Crippen molar-refractivity contribution in [3.05, 3.63) is 0 Å². The third-order valence-electron chi connectivity index (χ3n) is 1.72. The lowest BCUT2D eigenvalue weighted by atomic mass is 10.3. The molecule has 1 aliphatic heterocycles. The van der Waals surface area contributed by atoms with Crippen LogP contribution in [-0.4, -0.2) is 45.4 Å². The summed E-state index contributed by atoms with van der Waals surface area (Å²) < 4.78 is 15.3. The smallest absolute Gasteiger partial charge is 0.145 e. The summed E-state index contributed by atoms with van der Waals surface area (Å²) in [6.07, 6.45) is 3.04. The van der Waals surface area contributed by atoms with E-state index in [1.165, 1.54) is 0 Å². The van der Waals surface area contributed by atoms with Crippen LogP contribution >= 0.6 is 0 Å². The molecule has 0 spiro atoms. The maximum Gasteiger partial charge on any atom is 0.145 e. The molecule has 0 amide bonds. The Bertz CT molecular complexity index is 134. The van der Waals surface area contributed by atoms with Gasteiger partial charge >= 0.3 is 0 Å². The van der Waals surface area contributed by atoms with E-state index in [1.807, 2.05) is 0 Å². The van der Waals surface area contributed by atoms with E-state index in [0.717, 1.165) is 38.9 Å². The Morgan fingerprint density at radius 3 is 2.62 bits per heavy atom. The second-order valence-corrected chi connectivity index (χ2v) is 2.98. The van der Waals surface area contributed by atoms with E-state index in [-0.39, 0.29) is 6.61 Å². The first-order chi connectivity index (χ1) is 6.43. The lowest BCUT2D eigenvalue weighted by Gasteiger charge is -2.01. The summed E-state index contributed by atoms with van der Waals surface area (Å²) >= 11 is 0. The summed E-state index contributed by atoms with van der Waals surface area (Å²) in [7, 11) is 0. The zero-order valence-electron chi connectivity index (χ0n) is 7.74. The lowest BCUT2D eigenvalue weighted by Crippen LogP contribution is -2.04. The van der Waals surface area contributed by atoms with Gasteiger partial charge in [-0.1, -0.05) is 0 Å². The number of hydrogen-bond donors (Lipinski definition) is 0. The van der Waals surface area contributed by atoms with E-state index < -0.39 is 0 Å². The number of epoxide rings is 1. The van der Waals surface area contributed by atoms with Crippen LogP contribution in [0.3, 0.4) is 0 Å². The number of rotatable bonds is 9. The van der Waals surface area contributed by atoms with Gasteiger partial charge in [-0.3, -0.25) is 0 Å². The molecule has 0 aliphatic carbocycles. The fourth-order valence-corrected chi connectivity index (χ4v) is 0.919. The van der Waals surface area contributed by atoms with E-state index in [2.05, 4.69) is 0 Å². The quantitative estimate of drug-likeness (QED) is 0.298. The highest BCUT2D eigenvalue weighted by atomic mass is 16.6. The Morgan fingerprint density at radius 2 is 2.00 bits per heavy atom. The van der Waals surface area contributed by atoms with Crippen LogP contribution in [-0.2, 0) is 19.0 Å². The first kappa shape index (κ1) is 10.6. The maximum absolute atomic E-state index is 9.86. The predicted molar refractivity (Wildman–Crippen MR) is 46.7 cm³/mol. The van der Waals surface area contributed by atoms with E-state index in [0.29, 0.717) is 12.7 Å². The SMILES string of the molecule is O=CCOCCCCOCC1CO1. The van der Waals surface area contributed by atoms with Crippen LogP contribution in [0.2, 0.25) is 0 Å². The molecule has 0 aromatic rings. The van der Waals surface area contributed by atoms with Crippen LogP contribution in [0.5, 0.6) is 0 Å². The topological polar surface area (TPSA) is 48.1 Å². The molecule has 0 aromatic heterocycles. The van der Waals surface area contributed by atoms with Crippen LogP contribution < -0.4 is 0 Å². The molecule has 0 radical (unpaired) electrons. The van der Waals surface area contributed by atoms with Crippen LogP contribution in [0.25, 0.3) is 0 Å². The zero-order chi connectivity index (χ0) is 9.36. The minimum atomic E-state index is 0.205. The molecule has 1 unspecified atom stereocenters. The van der Waals surface area contributed by atoms with E-state index in [1.54, 1.807) is 0 Å². The molecule has 1 saturated heterocycles. The van der Waals surface area contributed by atoms with Crippen LogP contribution in [0.1, 0.15) is 12.8 Å². The second-order valence-electron chi connectivity index (χ2n) is 2.98. The average molecular weight is 188 g/mol. The molecule has 1 aliphatic rings. The Kier molecular flexibility index (Phi) is 5.73. The molecule has 0 saturated carbocycles. The number of unbranched alkanes of at least 4 members (excludes halogenated alkanes) is 1. The summed E-state index contributed by atoms with van der Waals surface area (Å²) in [4.78, 5) is 9.86. The van der Waals surface area contributed by atoms with Crippen molar-refractivity contribution in [3.8, 4) is 0 Å². The van der Waals surface area contributed by atoms with Crippen molar-refractivity contribution in [1.29, 1.82) is 0 Å². The highest BCUT2D eigenvalue weighted by Gasteiger charge is 2.21. The monoisotopic (exact) mass is 188 g/mol. The summed E-state index contributed by atoms with van der Waals surface area (Å²) in [6.45, 7) is 3.17. The van der Waals surface area contributed by atoms with Gasteiger partial charge in [0.25, 0.3) is 0 Å². The predicted octanol–water partition coefficient (Wildman–Crippen LogP) is 0.397. The molecule has 4 nitrogen and oxygen atoms in total. The minimum absolute atomic E-state index is 0.205. The summed E-state index contributed by atoms with van der Waals surface area (Å²) in [5, 5.41) is 0. The van der Waals surface area contributed by atoms with E-state index in [9.17, 15) is 4.79 Å². The van der Waals surface area contributed by atoms with Crippen molar-refractivity contribution in [2.45, 2.75) is 18.9 Å². The van der Waals surface area contributed by atoms with Crippen molar-refractivity contribution in [3.63, 3.8) is 0 Å². The van der Waals surface area contributed by atoms with Gasteiger partial charge in [0, 0.05) is 13.2 Å². The Morgan fingerprint density at radius 1 is 1.31 bits per heavy atom. The van der Waals surface area contributed by atoms with Crippen LogP contribution in [0.4, 0.5) is 0 Å². The van der Waals surface area contributed by atoms with E-state index >= 15 is 0 Å². The third kappa shape index (κ3) is 6.69. The van der Waals surface area contributed by atoms with Gasteiger partial charge in [0.1, 0.15) is 19.0 Å². The number of aldehydes is 1. The standard InChI is InChI=1S/C9H16O4/c10-3-6-11-4-1-2-5-12-7-9-8-13-9/h3,9H,1-2,4-8H2. The van der Waals surface area contributed by atoms with Gasteiger partial charge in [0.05, 0.1) is 13.2 Å². The molecule has 1 rings (SSSR count). The summed E-state index contributed by atoms with van der Waals surface area (Å²) in [5.41, 5.74) is 0. The Labute approximate surface area is 78.2 Å². The van der Waals surface area contributed by atoms with Gasteiger partial charge in [-0.25, -0.2) is 0 Å². The minimum Gasteiger partial charge on any atom is -0.379 e. The molecule has 0 aromatic carbocycles. The maximum atomic E-state index is 9.86. The normalized spacial score (nSPS) is 20.2. The van der Waals surface area contributed by atoms with Gasteiger partial charge in [0.2, 0.25) is 0 Å². The zero-order valence-corrected chi connectivity index (χ0v) is 7.74. The fraction of sp³-hybridized carbons (Fsp3) is 0.889. The van der Waals surface area contributed by atoms with Gasteiger partial charge in [-0.2, -0.15) is 0 Å². The van der Waals surface area contributed by atoms with Gasteiger partial charge in [0.15, 0.2) is 0 Å². The number of ether oxygens (including phenoxy) is 3. The molecular weight excluding hydrogens is 172 g/mol. The molecule has 0 N–H and O–H groups in total. The number of carbonyl (C=O) groups excluding carboxylic acids is 1. The third-order valence-corrected chi connectivity index (χ3v) is 1.72. The van der Waals surface area contributed by atoms with Gasteiger partial charge < -0.3 is 19.0 Å². The first-order valence-electron chi connectivity index (χ1n) is 4.64. The molecule has 1 fully saturated rings.